The fraction of sp³-hybridized carbons (Fsp3) is 0.222. The zero-order valence-corrected chi connectivity index (χ0v) is 33.5. The molecule has 9 rings (SSSR count). The van der Waals surface area contributed by atoms with Crippen molar-refractivity contribution in [2.45, 2.75) is 77.0 Å². The molecule has 272 valence electrons. The first-order valence-electron chi connectivity index (χ1n) is 19.9. The van der Waals surface area contributed by atoms with Crippen LogP contribution in [-0.2, 0) is 21.7 Å². The van der Waals surface area contributed by atoms with Crippen LogP contribution in [0.5, 0.6) is 0 Å². The zero-order valence-electron chi connectivity index (χ0n) is 33.5. The second-order valence-electron chi connectivity index (χ2n) is 17.9. The average Bonchev–Trinajstić information content (AvgIpc) is 3.20. The SMILES string of the molecule is CC1(C)c2ccccc2-c2cc(N(c3ccccc3)c3cccc(-c4cccc5c4-c4ccc(-c6ccccc6)cc4C(C)(C)C5(C)C)c3)ccc2C1(C)C. The largest absolute Gasteiger partial charge is 0.310 e. The van der Waals surface area contributed by atoms with Crippen LogP contribution < -0.4 is 4.90 Å². The molecule has 7 aromatic carbocycles. The third-order valence-electron chi connectivity index (χ3n) is 14.2. The van der Waals surface area contributed by atoms with Crippen molar-refractivity contribution in [2.24, 2.45) is 0 Å². The number of fused-ring (bicyclic) bond motifs is 6. The van der Waals surface area contributed by atoms with Crippen LogP contribution in [0.3, 0.4) is 0 Å². The van der Waals surface area contributed by atoms with E-state index in [4.69, 9.17) is 0 Å². The number of benzene rings is 7. The lowest BCUT2D eigenvalue weighted by molar-refractivity contribution is 0.299. The molecule has 0 spiro atoms. The molecule has 0 fully saturated rings. The second-order valence-corrected chi connectivity index (χ2v) is 17.9. The molecule has 2 aliphatic rings. The molecular weight excluding hydrogens is 663 g/mol. The van der Waals surface area contributed by atoms with Gasteiger partial charge in [0.05, 0.1) is 0 Å². The van der Waals surface area contributed by atoms with Gasteiger partial charge >= 0.3 is 0 Å². The molecule has 0 saturated carbocycles. The van der Waals surface area contributed by atoms with E-state index in [-0.39, 0.29) is 21.7 Å². The Hall–Kier alpha value is -5.66. The standard InChI is InChI=1S/C54H51N/c1-51(2)46-27-16-15-25-43(46)45-35-41(30-32-47(45)52(51,3)4)55(39-22-13-10-14-23-39)40-24-17-21-38(33-40)42-26-18-28-48-50(42)44-31-29-37(36-19-11-9-12-20-36)34-49(44)54(7,8)53(48,5)6/h9-35H,1-8H3. The maximum Gasteiger partial charge on any atom is 0.0468 e. The van der Waals surface area contributed by atoms with E-state index in [1.54, 1.807) is 0 Å². The first kappa shape index (κ1) is 35.1. The minimum absolute atomic E-state index is 0.00804. The third-order valence-corrected chi connectivity index (χ3v) is 14.2. The van der Waals surface area contributed by atoms with Crippen LogP contribution in [-0.4, -0.2) is 0 Å². The van der Waals surface area contributed by atoms with E-state index in [1.165, 1.54) is 66.8 Å². The molecule has 1 nitrogen and oxygen atoms in total. The van der Waals surface area contributed by atoms with Gasteiger partial charge in [-0.1, -0.05) is 177 Å². The van der Waals surface area contributed by atoms with Gasteiger partial charge in [-0.2, -0.15) is 0 Å². The molecule has 7 aromatic rings. The number of rotatable bonds is 5. The minimum Gasteiger partial charge on any atom is -0.310 e. The van der Waals surface area contributed by atoms with Gasteiger partial charge in [0, 0.05) is 17.1 Å². The Labute approximate surface area is 328 Å². The summed E-state index contributed by atoms with van der Waals surface area (Å²) in [4.78, 5) is 2.43. The van der Waals surface area contributed by atoms with Crippen LogP contribution in [0, 0.1) is 0 Å². The molecule has 0 radical (unpaired) electrons. The number of hydrogen-bond acceptors (Lipinski definition) is 1. The van der Waals surface area contributed by atoms with Crippen molar-refractivity contribution in [2.75, 3.05) is 4.90 Å². The van der Waals surface area contributed by atoms with Crippen molar-refractivity contribution in [1.29, 1.82) is 0 Å². The van der Waals surface area contributed by atoms with Crippen LogP contribution in [0.4, 0.5) is 17.1 Å². The average molecular weight is 714 g/mol. The summed E-state index contributed by atoms with van der Waals surface area (Å²) >= 11 is 0. The van der Waals surface area contributed by atoms with Crippen molar-refractivity contribution < 1.29 is 0 Å². The van der Waals surface area contributed by atoms with Crippen LogP contribution >= 0.6 is 0 Å². The molecule has 0 atom stereocenters. The molecule has 1 heteroatoms. The summed E-state index contributed by atoms with van der Waals surface area (Å²) < 4.78 is 0. The Morgan fingerprint density at radius 1 is 0.291 bits per heavy atom. The molecule has 2 aliphatic carbocycles. The molecule has 0 heterocycles. The summed E-state index contributed by atoms with van der Waals surface area (Å²) in [5, 5.41) is 0. The highest BCUT2D eigenvalue weighted by Gasteiger charge is 2.47. The molecule has 0 unspecified atom stereocenters. The van der Waals surface area contributed by atoms with Gasteiger partial charge in [-0.25, -0.2) is 0 Å². The summed E-state index contributed by atoms with van der Waals surface area (Å²) in [6, 6.07) is 61.1. The Kier molecular flexibility index (Phi) is 7.93. The predicted molar refractivity (Wildman–Crippen MR) is 235 cm³/mol. The molecule has 0 aromatic heterocycles. The van der Waals surface area contributed by atoms with E-state index in [2.05, 4.69) is 224 Å². The van der Waals surface area contributed by atoms with Crippen molar-refractivity contribution in [3.05, 3.63) is 186 Å². The predicted octanol–water partition coefficient (Wildman–Crippen LogP) is 15.0. The van der Waals surface area contributed by atoms with Crippen molar-refractivity contribution in [3.63, 3.8) is 0 Å². The normalized spacial score (nSPS) is 16.6. The van der Waals surface area contributed by atoms with Gasteiger partial charge in [-0.05, 0) is 131 Å². The Morgan fingerprint density at radius 3 is 1.56 bits per heavy atom. The van der Waals surface area contributed by atoms with Crippen LogP contribution in [0.25, 0.3) is 44.5 Å². The quantitative estimate of drug-likeness (QED) is 0.172. The first-order chi connectivity index (χ1) is 26.3. The lowest BCUT2D eigenvalue weighted by Crippen LogP contribution is -2.43. The van der Waals surface area contributed by atoms with E-state index in [1.807, 2.05) is 0 Å². The molecule has 0 saturated heterocycles. The van der Waals surface area contributed by atoms with Crippen molar-refractivity contribution in [1.82, 2.24) is 0 Å². The van der Waals surface area contributed by atoms with Crippen molar-refractivity contribution in [3.8, 4) is 44.5 Å². The molecule has 0 bridgehead atoms. The highest BCUT2D eigenvalue weighted by atomic mass is 15.1. The first-order valence-corrected chi connectivity index (χ1v) is 19.9. The maximum atomic E-state index is 2.45. The van der Waals surface area contributed by atoms with Crippen LogP contribution in [0.1, 0.15) is 77.6 Å². The van der Waals surface area contributed by atoms with E-state index in [0.29, 0.717) is 0 Å². The van der Waals surface area contributed by atoms with Crippen molar-refractivity contribution >= 4 is 17.1 Å². The zero-order chi connectivity index (χ0) is 38.3. The van der Waals surface area contributed by atoms with E-state index < -0.39 is 0 Å². The Balaban J connectivity index is 1.22. The number of nitrogens with zero attached hydrogens (tertiary/aromatic N) is 1. The summed E-state index contributed by atoms with van der Waals surface area (Å²) in [5.41, 5.74) is 19.2. The highest BCUT2D eigenvalue weighted by Crippen LogP contribution is 2.57. The second kappa shape index (κ2) is 12.4. The molecule has 55 heavy (non-hydrogen) atoms. The lowest BCUT2D eigenvalue weighted by Gasteiger charge is -2.49. The van der Waals surface area contributed by atoms with Gasteiger partial charge in [0.15, 0.2) is 0 Å². The summed E-state index contributed by atoms with van der Waals surface area (Å²) in [7, 11) is 0. The lowest BCUT2D eigenvalue weighted by atomic mass is 9.54. The summed E-state index contributed by atoms with van der Waals surface area (Å²) in [6.45, 7) is 19.3. The number of para-hydroxylation sites is 1. The van der Waals surface area contributed by atoms with Gasteiger partial charge < -0.3 is 4.90 Å². The van der Waals surface area contributed by atoms with Crippen LogP contribution in [0.15, 0.2) is 164 Å². The number of hydrogen-bond donors (Lipinski definition) is 0. The smallest absolute Gasteiger partial charge is 0.0468 e. The third kappa shape index (κ3) is 5.20. The van der Waals surface area contributed by atoms with E-state index >= 15 is 0 Å². The Morgan fingerprint density at radius 2 is 0.818 bits per heavy atom. The molecule has 0 N–H and O–H groups in total. The summed E-state index contributed by atoms with van der Waals surface area (Å²) in [5.74, 6) is 0. The van der Waals surface area contributed by atoms with Crippen LogP contribution in [0.2, 0.25) is 0 Å². The van der Waals surface area contributed by atoms with Gasteiger partial charge in [0.1, 0.15) is 0 Å². The van der Waals surface area contributed by atoms with Gasteiger partial charge in [-0.3, -0.25) is 0 Å². The fourth-order valence-corrected chi connectivity index (χ4v) is 9.58. The monoisotopic (exact) mass is 713 g/mol. The molecule has 0 amide bonds. The summed E-state index contributed by atoms with van der Waals surface area (Å²) in [6.07, 6.45) is 0. The van der Waals surface area contributed by atoms with Gasteiger partial charge in [0.2, 0.25) is 0 Å². The van der Waals surface area contributed by atoms with Gasteiger partial charge in [-0.15, -0.1) is 0 Å². The highest BCUT2D eigenvalue weighted by molar-refractivity contribution is 5.93. The van der Waals surface area contributed by atoms with Gasteiger partial charge in [0.25, 0.3) is 0 Å². The van der Waals surface area contributed by atoms with E-state index in [9.17, 15) is 0 Å². The number of anilines is 3. The minimum atomic E-state index is -0.101. The molecular formula is C54H51N. The van der Waals surface area contributed by atoms with E-state index in [0.717, 1.165) is 17.1 Å². The topological polar surface area (TPSA) is 3.24 Å². The Bertz CT molecular complexity index is 2590. The maximum absolute atomic E-state index is 2.45. The molecule has 0 aliphatic heterocycles. The fourth-order valence-electron chi connectivity index (χ4n) is 9.58.